The van der Waals surface area contributed by atoms with Crippen LogP contribution in [0.4, 0.5) is 0 Å². The summed E-state index contributed by atoms with van der Waals surface area (Å²) in [6.07, 6.45) is 7.01. The third-order valence-corrected chi connectivity index (χ3v) is 4.79. The Bertz CT molecular complexity index is 391. The minimum absolute atomic E-state index is 0.0636. The highest BCUT2D eigenvalue weighted by Crippen LogP contribution is 2.28. The molecule has 5 nitrogen and oxygen atoms in total. The van der Waals surface area contributed by atoms with Crippen molar-refractivity contribution in [1.82, 2.24) is 15.5 Å². The fraction of sp³-hybridized carbons (Fsp3) is 0.875. The monoisotopic (exact) mass is 293 g/mol. The van der Waals surface area contributed by atoms with E-state index in [2.05, 4.69) is 15.5 Å². The molecule has 0 spiro atoms. The maximum Gasteiger partial charge on any atom is 0.234 e. The van der Waals surface area contributed by atoms with E-state index in [4.69, 9.17) is 0 Å². The molecule has 0 bridgehead atoms. The maximum atomic E-state index is 12.1. The van der Waals surface area contributed by atoms with Gasteiger partial charge in [0.05, 0.1) is 12.5 Å². The topological polar surface area (TPSA) is 61.4 Å². The van der Waals surface area contributed by atoms with E-state index >= 15 is 0 Å². The van der Waals surface area contributed by atoms with Crippen molar-refractivity contribution < 1.29 is 9.59 Å². The van der Waals surface area contributed by atoms with Crippen LogP contribution in [0.1, 0.15) is 38.5 Å². The van der Waals surface area contributed by atoms with Crippen LogP contribution < -0.4 is 10.6 Å². The average Bonchev–Trinajstić information content (AvgIpc) is 3.38. The molecule has 2 aliphatic carbocycles. The van der Waals surface area contributed by atoms with Crippen LogP contribution in [0.15, 0.2) is 0 Å². The van der Waals surface area contributed by atoms with E-state index in [1.165, 1.54) is 25.7 Å². The molecular weight excluding hydrogens is 266 g/mol. The highest BCUT2D eigenvalue weighted by atomic mass is 16.2. The largest absolute Gasteiger partial charge is 0.356 e. The lowest BCUT2D eigenvalue weighted by atomic mass is 9.97. The Morgan fingerprint density at radius 1 is 0.952 bits per heavy atom. The normalized spacial score (nSPS) is 26.4. The summed E-state index contributed by atoms with van der Waals surface area (Å²) in [4.78, 5) is 26.2. The third-order valence-electron chi connectivity index (χ3n) is 4.79. The number of hydrogen-bond acceptors (Lipinski definition) is 3. The number of nitrogens with one attached hydrogen (secondary N) is 2. The van der Waals surface area contributed by atoms with E-state index < -0.39 is 0 Å². The van der Waals surface area contributed by atoms with Crippen molar-refractivity contribution >= 4 is 11.8 Å². The number of carbonyl (C=O) groups excluding carboxylic acids is 2. The van der Waals surface area contributed by atoms with Gasteiger partial charge in [-0.1, -0.05) is 0 Å². The van der Waals surface area contributed by atoms with Crippen molar-refractivity contribution in [3.8, 4) is 0 Å². The molecule has 0 aromatic heterocycles. The quantitative estimate of drug-likeness (QED) is 0.728. The van der Waals surface area contributed by atoms with Crippen LogP contribution in [0.2, 0.25) is 0 Å². The molecule has 2 N–H and O–H groups in total. The predicted octanol–water partition coefficient (Wildman–Crippen LogP) is 0.751. The van der Waals surface area contributed by atoms with Crippen LogP contribution in [0, 0.1) is 17.8 Å². The van der Waals surface area contributed by atoms with Gasteiger partial charge in [-0.25, -0.2) is 0 Å². The van der Waals surface area contributed by atoms with E-state index in [0.717, 1.165) is 50.9 Å². The lowest BCUT2D eigenvalue weighted by Gasteiger charge is -2.31. The zero-order valence-electron chi connectivity index (χ0n) is 12.8. The molecule has 3 fully saturated rings. The van der Waals surface area contributed by atoms with E-state index in [1.54, 1.807) is 0 Å². The highest BCUT2D eigenvalue weighted by molar-refractivity contribution is 5.80. The summed E-state index contributed by atoms with van der Waals surface area (Å²) in [6.45, 7) is 3.78. The lowest BCUT2D eigenvalue weighted by molar-refractivity contribution is -0.129. The van der Waals surface area contributed by atoms with Crippen LogP contribution in [0.5, 0.6) is 0 Å². The Labute approximate surface area is 126 Å². The van der Waals surface area contributed by atoms with Gasteiger partial charge in [0.2, 0.25) is 11.8 Å². The number of amides is 2. The van der Waals surface area contributed by atoms with Gasteiger partial charge in [-0.15, -0.1) is 0 Å². The van der Waals surface area contributed by atoms with Crippen LogP contribution in [-0.4, -0.2) is 49.4 Å². The molecule has 1 saturated heterocycles. The number of nitrogens with zero attached hydrogens (tertiary/aromatic N) is 1. The molecule has 2 saturated carbocycles. The fourth-order valence-electron chi connectivity index (χ4n) is 2.96. The fourth-order valence-corrected chi connectivity index (χ4v) is 2.96. The first kappa shape index (κ1) is 14.8. The summed E-state index contributed by atoms with van der Waals surface area (Å²) in [5, 5.41) is 6.07. The van der Waals surface area contributed by atoms with E-state index in [-0.39, 0.29) is 17.7 Å². The minimum atomic E-state index is 0.0636. The SMILES string of the molecule is O=C(CN1CCC[C@H](C(=O)NCC2CC2)C1)NCC1CC1. The predicted molar refractivity (Wildman–Crippen MR) is 80.6 cm³/mol. The number of piperidine rings is 1. The second-order valence-electron chi connectivity index (χ2n) is 7.01. The Morgan fingerprint density at radius 3 is 2.29 bits per heavy atom. The van der Waals surface area contributed by atoms with Crippen LogP contribution in [0.25, 0.3) is 0 Å². The second-order valence-corrected chi connectivity index (χ2v) is 7.01. The average molecular weight is 293 g/mol. The molecule has 118 valence electrons. The molecule has 0 unspecified atom stereocenters. The first-order valence-corrected chi connectivity index (χ1v) is 8.47. The summed E-state index contributed by atoms with van der Waals surface area (Å²) >= 11 is 0. The number of carbonyl (C=O) groups is 2. The van der Waals surface area contributed by atoms with Gasteiger partial charge in [0.1, 0.15) is 0 Å². The van der Waals surface area contributed by atoms with Crippen LogP contribution >= 0.6 is 0 Å². The second kappa shape index (κ2) is 6.77. The summed E-state index contributed by atoms with van der Waals surface area (Å²) in [5.74, 6) is 1.80. The first-order valence-electron chi connectivity index (χ1n) is 8.47. The van der Waals surface area contributed by atoms with Gasteiger partial charge in [0, 0.05) is 19.6 Å². The summed E-state index contributed by atoms with van der Waals surface area (Å²) in [6, 6.07) is 0. The number of likely N-dealkylation sites (tertiary alicyclic amines) is 1. The zero-order valence-corrected chi connectivity index (χ0v) is 12.8. The molecule has 1 aliphatic heterocycles. The zero-order chi connectivity index (χ0) is 14.7. The maximum absolute atomic E-state index is 12.1. The summed E-state index contributed by atoms with van der Waals surface area (Å²) in [7, 11) is 0. The van der Waals surface area contributed by atoms with Gasteiger partial charge in [-0.3, -0.25) is 14.5 Å². The van der Waals surface area contributed by atoms with Gasteiger partial charge >= 0.3 is 0 Å². The van der Waals surface area contributed by atoms with Crippen molar-refractivity contribution in [2.24, 2.45) is 17.8 Å². The van der Waals surface area contributed by atoms with E-state index in [1.807, 2.05) is 0 Å². The van der Waals surface area contributed by atoms with Crippen molar-refractivity contribution in [2.75, 3.05) is 32.7 Å². The van der Waals surface area contributed by atoms with Crippen molar-refractivity contribution in [1.29, 1.82) is 0 Å². The van der Waals surface area contributed by atoms with Crippen LogP contribution in [0.3, 0.4) is 0 Å². The molecule has 5 heteroatoms. The van der Waals surface area contributed by atoms with Gasteiger partial charge < -0.3 is 10.6 Å². The van der Waals surface area contributed by atoms with E-state index in [0.29, 0.717) is 6.54 Å². The molecule has 3 aliphatic rings. The van der Waals surface area contributed by atoms with Gasteiger partial charge in [0.25, 0.3) is 0 Å². The molecule has 3 rings (SSSR count). The summed E-state index contributed by atoms with van der Waals surface area (Å²) < 4.78 is 0. The Kier molecular flexibility index (Phi) is 4.78. The van der Waals surface area contributed by atoms with Crippen molar-refractivity contribution in [3.05, 3.63) is 0 Å². The third kappa shape index (κ3) is 4.99. The lowest BCUT2D eigenvalue weighted by Crippen LogP contribution is -2.47. The van der Waals surface area contributed by atoms with Gasteiger partial charge in [-0.05, 0) is 56.9 Å². The van der Waals surface area contributed by atoms with E-state index in [9.17, 15) is 9.59 Å². The Balaban J connectivity index is 1.36. The van der Waals surface area contributed by atoms with Crippen molar-refractivity contribution in [3.63, 3.8) is 0 Å². The first-order chi connectivity index (χ1) is 10.2. The molecule has 2 amide bonds. The minimum Gasteiger partial charge on any atom is -0.356 e. The molecule has 0 radical (unpaired) electrons. The Morgan fingerprint density at radius 2 is 1.62 bits per heavy atom. The molecule has 1 heterocycles. The van der Waals surface area contributed by atoms with Gasteiger partial charge in [0.15, 0.2) is 0 Å². The molecule has 21 heavy (non-hydrogen) atoms. The standard InChI is InChI=1S/C16H27N3O2/c20-15(17-8-12-3-4-12)11-19-7-1-2-14(10-19)16(21)18-9-13-5-6-13/h12-14H,1-11H2,(H,17,20)(H,18,21)/t14-/m0/s1. The smallest absolute Gasteiger partial charge is 0.234 e. The molecule has 1 atom stereocenters. The molecular formula is C16H27N3O2. The molecule has 0 aromatic rings. The van der Waals surface area contributed by atoms with Crippen molar-refractivity contribution in [2.45, 2.75) is 38.5 Å². The molecule has 0 aromatic carbocycles. The number of hydrogen-bond donors (Lipinski definition) is 2. The van der Waals surface area contributed by atoms with Crippen LogP contribution in [-0.2, 0) is 9.59 Å². The number of rotatable bonds is 7. The van der Waals surface area contributed by atoms with Gasteiger partial charge in [-0.2, -0.15) is 0 Å². The Hall–Kier alpha value is -1.10. The highest BCUT2D eigenvalue weighted by Gasteiger charge is 2.29. The summed E-state index contributed by atoms with van der Waals surface area (Å²) in [5.41, 5.74) is 0.